The van der Waals surface area contributed by atoms with Gasteiger partial charge in [-0.1, -0.05) is 19.1 Å². The summed E-state index contributed by atoms with van der Waals surface area (Å²) in [5.74, 6) is 0.248. The normalized spacial score (nSPS) is 12.6. The first-order valence-corrected chi connectivity index (χ1v) is 9.95. The first-order chi connectivity index (χ1) is 14.3. The van der Waals surface area contributed by atoms with Crippen LogP contribution in [0.2, 0.25) is 0 Å². The Labute approximate surface area is 177 Å². The van der Waals surface area contributed by atoms with Gasteiger partial charge < -0.3 is 19.7 Å². The van der Waals surface area contributed by atoms with Gasteiger partial charge in [0.25, 0.3) is 5.91 Å². The molecule has 2 amide bonds. The van der Waals surface area contributed by atoms with Gasteiger partial charge in [0, 0.05) is 12.6 Å². The van der Waals surface area contributed by atoms with E-state index in [9.17, 15) is 14.0 Å². The number of nitrogens with one attached hydrogen (secondary N) is 1. The molecule has 162 valence electrons. The second kappa shape index (κ2) is 11.2. The van der Waals surface area contributed by atoms with Crippen LogP contribution >= 0.6 is 0 Å². The van der Waals surface area contributed by atoms with Gasteiger partial charge in [0.15, 0.2) is 6.61 Å². The van der Waals surface area contributed by atoms with Gasteiger partial charge in [0.1, 0.15) is 23.4 Å². The fourth-order valence-corrected chi connectivity index (χ4v) is 2.73. The van der Waals surface area contributed by atoms with Crippen LogP contribution in [0.15, 0.2) is 48.5 Å². The number of carbonyl (C=O) groups excluding carboxylic acids is 2. The lowest BCUT2D eigenvalue weighted by atomic mass is 10.1. The average molecular weight is 416 g/mol. The lowest BCUT2D eigenvalue weighted by Gasteiger charge is -2.29. The van der Waals surface area contributed by atoms with Crippen LogP contribution in [-0.4, -0.2) is 42.5 Å². The standard InChI is InChI=1S/C23H29FN2O4/c1-5-16(2)25-23(28)17(3)26(14-18-6-8-19(24)9-7-18)22(27)15-30-21-12-10-20(29-4)11-13-21/h6-13,16-17H,5,14-15H2,1-4H3,(H,25,28). The molecule has 0 bridgehead atoms. The summed E-state index contributed by atoms with van der Waals surface area (Å²) in [4.78, 5) is 27.0. The van der Waals surface area contributed by atoms with Crippen molar-refractivity contribution >= 4 is 11.8 Å². The minimum absolute atomic E-state index is 0.00160. The van der Waals surface area contributed by atoms with Crippen molar-refractivity contribution in [1.82, 2.24) is 10.2 Å². The molecule has 0 radical (unpaired) electrons. The Morgan fingerprint density at radius 1 is 1.03 bits per heavy atom. The van der Waals surface area contributed by atoms with Crippen molar-refractivity contribution in [2.24, 2.45) is 0 Å². The number of nitrogens with zero attached hydrogens (tertiary/aromatic N) is 1. The molecule has 0 saturated heterocycles. The molecule has 6 nitrogen and oxygen atoms in total. The molecule has 7 heteroatoms. The Morgan fingerprint density at radius 3 is 2.20 bits per heavy atom. The number of amides is 2. The van der Waals surface area contributed by atoms with E-state index in [1.807, 2.05) is 13.8 Å². The summed E-state index contributed by atoms with van der Waals surface area (Å²) in [5, 5.41) is 2.90. The molecule has 2 atom stereocenters. The number of ether oxygens (including phenoxy) is 2. The average Bonchev–Trinajstić information content (AvgIpc) is 2.76. The molecule has 0 fully saturated rings. The highest BCUT2D eigenvalue weighted by Gasteiger charge is 2.27. The Kier molecular flexibility index (Phi) is 8.65. The van der Waals surface area contributed by atoms with E-state index in [4.69, 9.17) is 9.47 Å². The van der Waals surface area contributed by atoms with Gasteiger partial charge in [-0.3, -0.25) is 9.59 Å². The number of carbonyl (C=O) groups is 2. The molecule has 0 spiro atoms. The summed E-state index contributed by atoms with van der Waals surface area (Å²) >= 11 is 0. The molecule has 0 aliphatic heterocycles. The number of benzene rings is 2. The molecule has 30 heavy (non-hydrogen) atoms. The molecule has 0 aliphatic carbocycles. The van der Waals surface area contributed by atoms with Crippen molar-refractivity contribution in [2.45, 2.75) is 45.8 Å². The maximum absolute atomic E-state index is 13.2. The highest BCUT2D eigenvalue weighted by atomic mass is 19.1. The molecule has 0 aromatic heterocycles. The molecule has 0 aliphatic rings. The Morgan fingerprint density at radius 2 is 1.63 bits per heavy atom. The van der Waals surface area contributed by atoms with E-state index in [-0.39, 0.29) is 36.8 Å². The smallest absolute Gasteiger partial charge is 0.261 e. The fourth-order valence-electron chi connectivity index (χ4n) is 2.73. The molecule has 2 aromatic rings. The predicted octanol–water partition coefficient (Wildman–Crippen LogP) is 3.55. The number of halogens is 1. The SMILES string of the molecule is CCC(C)NC(=O)C(C)N(Cc1ccc(F)cc1)C(=O)COc1ccc(OC)cc1. The summed E-state index contributed by atoms with van der Waals surface area (Å²) in [6.45, 7) is 5.49. The molecule has 0 heterocycles. The summed E-state index contributed by atoms with van der Waals surface area (Å²) in [7, 11) is 1.57. The minimum atomic E-state index is -0.712. The van der Waals surface area contributed by atoms with Crippen LogP contribution in [0.4, 0.5) is 4.39 Å². The van der Waals surface area contributed by atoms with Crippen LogP contribution in [0.25, 0.3) is 0 Å². The van der Waals surface area contributed by atoms with E-state index in [1.54, 1.807) is 50.4 Å². The number of rotatable bonds is 10. The van der Waals surface area contributed by atoms with E-state index >= 15 is 0 Å². The van der Waals surface area contributed by atoms with Gasteiger partial charge in [0.2, 0.25) is 5.91 Å². The summed E-state index contributed by atoms with van der Waals surface area (Å²) in [6.07, 6.45) is 0.783. The second-order valence-corrected chi connectivity index (χ2v) is 7.11. The lowest BCUT2D eigenvalue weighted by molar-refractivity contribution is -0.142. The molecule has 0 saturated carbocycles. The monoisotopic (exact) mass is 416 g/mol. The summed E-state index contributed by atoms with van der Waals surface area (Å²) in [5.41, 5.74) is 0.720. The zero-order chi connectivity index (χ0) is 22.1. The number of hydrogen-bond donors (Lipinski definition) is 1. The fraction of sp³-hybridized carbons (Fsp3) is 0.391. The van der Waals surface area contributed by atoms with E-state index in [2.05, 4.69) is 5.32 Å². The van der Waals surface area contributed by atoms with Crippen LogP contribution in [0, 0.1) is 5.82 Å². The van der Waals surface area contributed by atoms with Crippen molar-refractivity contribution < 1.29 is 23.5 Å². The molecule has 1 N–H and O–H groups in total. The molecular weight excluding hydrogens is 387 g/mol. The van der Waals surface area contributed by atoms with E-state index in [0.717, 1.165) is 12.0 Å². The second-order valence-electron chi connectivity index (χ2n) is 7.11. The summed E-state index contributed by atoms with van der Waals surface area (Å²) in [6, 6.07) is 12.0. The Bertz CT molecular complexity index is 824. The third-order valence-corrected chi connectivity index (χ3v) is 4.86. The zero-order valence-corrected chi connectivity index (χ0v) is 17.9. The van der Waals surface area contributed by atoms with E-state index in [1.165, 1.54) is 17.0 Å². The van der Waals surface area contributed by atoms with Crippen LogP contribution in [0.5, 0.6) is 11.5 Å². The van der Waals surface area contributed by atoms with Gasteiger partial charge in [-0.05, 0) is 62.2 Å². The minimum Gasteiger partial charge on any atom is -0.497 e. The Balaban J connectivity index is 2.12. The maximum atomic E-state index is 13.2. The van der Waals surface area contributed by atoms with Gasteiger partial charge in [-0.2, -0.15) is 0 Å². The van der Waals surface area contributed by atoms with Crippen molar-refractivity contribution in [3.63, 3.8) is 0 Å². The summed E-state index contributed by atoms with van der Waals surface area (Å²) < 4.78 is 23.9. The van der Waals surface area contributed by atoms with Crippen LogP contribution in [0.1, 0.15) is 32.8 Å². The largest absolute Gasteiger partial charge is 0.497 e. The van der Waals surface area contributed by atoms with Gasteiger partial charge in [-0.15, -0.1) is 0 Å². The highest BCUT2D eigenvalue weighted by molar-refractivity contribution is 5.88. The van der Waals surface area contributed by atoms with Gasteiger partial charge in [-0.25, -0.2) is 4.39 Å². The maximum Gasteiger partial charge on any atom is 0.261 e. The number of hydrogen-bond acceptors (Lipinski definition) is 4. The van der Waals surface area contributed by atoms with Crippen LogP contribution < -0.4 is 14.8 Å². The zero-order valence-electron chi connectivity index (χ0n) is 17.9. The van der Waals surface area contributed by atoms with E-state index < -0.39 is 6.04 Å². The van der Waals surface area contributed by atoms with E-state index in [0.29, 0.717) is 11.5 Å². The molecule has 2 unspecified atom stereocenters. The Hall–Kier alpha value is -3.09. The number of methoxy groups -OCH3 is 1. The lowest BCUT2D eigenvalue weighted by Crippen LogP contribution is -2.50. The van der Waals surface area contributed by atoms with Gasteiger partial charge >= 0.3 is 0 Å². The molecular formula is C23H29FN2O4. The van der Waals surface area contributed by atoms with Gasteiger partial charge in [0.05, 0.1) is 7.11 Å². The first-order valence-electron chi connectivity index (χ1n) is 9.95. The third kappa shape index (κ3) is 6.76. The van der Waals surface area contributed by atoms with Crippen LogP contribution in [0.3, 0.4) is 0 Å². The topological polar surface area (TPSA) is 67.9 Å². The van der Waals surface area contributed by atoms with Crippen LogP contribution in [-0.2, 0) is 16.1 Å². The van der Waals surface area contributed by atoms with Crippen molar-refractivity contribution in [1.29, 1.82) is 0 Å². The molecule has 2 aromatic carbocycles. The third-order valence-electron chi connectivity index (χ3n) is 4.86. The molecule has 2 rings (SSSR count). The first kappa shape index (κ1) is 23.2. The highest BCUT2D eigenvalue weighted by Crippen LogP contribution is 2.18. The van der Waals surface area contributed by atoms with Crippen molar-refractivity contribution in [3.05, 3.63) is 59.9 Å². The quantitative estimate of drug-likeness (QED) is 0.643. The van der Waals surface area contributed by atoms with Crippen molar-refractivity contribution in [2.75, 3.05) is 13.7 Å². The predicted molar refractivity (Wildman–Crippen MR) is 113 cm³/mol. The van der Waals surface area contributed by atoms with Crippen molar-refractivity contribution in [3.8, 4) is 11.5 Å².